The number of para-hydroxylation sites is 1. The number of nitro benzene ring substituents is 1. The molecule has 0 bridgehead atoms. The fraction of sp³-hybridized carbons (Fsp3) is 0.462. The Kier molecular flexibility index (Phi) is 5.97. The molecule has 6 nitrogen and oxygen atoms in total. The zero-order valence-corrected chi connectivity index (χ0v) is 12.5. The molecule has 110 valence electrons. The first-order valence-corrected chi connectivity index (χ1v) is 7.13. The van der Waals surface area contributed by atoms with E-state index in [-0.39, 0.29) is 11.7 Å². The third kappa shape index (κ3) is 3.94. The van der Waals surface area contributed by atoms with Crippen LogP contribution in [0.2, 0.25) is 0 Å². The van der Waals surface area contributed by atoms with Crippen molar-refractivity contribution < 1.29 is 14.5 Å². The highest BCUT2D eigenvalue weighted by molar-refractivity contribution is 7.99. The molecular weight excluding hydrogens is 280 g/mol. The van der Waals surface area contributed by atoms with E-state index < -0.39 is 10.5 Å². The summed E-state index contributed by atoms with van der Waals surface area (Å²) in [4.78, 5) is 22.9. The Morgan fingerprint density at radius 1 is 1.50 bits per heavy atom. The summed E-state index contributed by atoms with van der Waals surface area (Å²) in [5, 5.41) is 14.0. The fourth-order valence-electron chi connectivity index (χ4n) is 1.75. The first-order valence-electron chi connectivity index (χ1n) is 6.14. The van der Waals surface area contributed by atoms with Crippen LogP contribution in [0.5, 0.6) is 0 Å². The minimum absolute atomic E-state index is 0.0428. The van der Waals surface area contributed by atoms with E-state index in [0.29, 0.717) is 17.2 Å². The maximum atomic E-state index is 11.8. The molecule has 0 amide bonds. The number of carbonyl (C=O) groups is 1. The van der Waals surface area contributed by atoms with Crippen LogP contribution in [0.3, 0.4) is 0 Å². The van der Waals surface area contributed by atoms with Crippen LogP contribution in [0.15, 0.2) is 29.2 Å². The molecule has 0 aliphatic rings. The fourth-order valence-corrected chi connectivity index (χ4v) is 2.88. The highest BCUT2D eigenvalue weighted by Crippen LogP contribution is 2.31. The van der Waals surface area contributed by atoms with Gasteiger partial charge < -0.3 is 10.1 Å². The van der Waals surface area contributed by atoms with Crippen LogP contribution in [-0.4, -0.2) is 35.8 Å². The topological polar surface area (TPSA) is 81.5 Å². The molecule has 1 aromatic rings. The standard InChI is InChI=1S/C13H18N2O4S/c1-4-14-13(2,12(16)19-3)9-20-11-8-6-5-7-10(11)15(17)18/h5-8,14H,4,9H2,1-3H3. The zero-order valence-electron chi connectivity index (χ0n) is 11.7. The number of nitrogens with one attached hydrogen (secondary N) is 1. The number of likely N-dealkylation sites (N-methyl/N-ethyl adjacent to an activating group) is 1. The molecule has 1 N–H and O–H groups in total. The van der Waals surface area contributed by atoms with Crippen molar-refractivity contribution in [2.75, 3.05) is 19.4 Å². The van der Waals surface area contributed by atoms with Gasteiger partial charge in [0.25, 0.3) is 5.69 Å². The number of ether oxygens (including phenoxy) is 1. The van der Waals surface area contributed by atoms with E-state index >= 15 is 0 Å². The van der Waals surface area contributed by atoms with Crippen LogP contribution < -0.4 is 5.32 Å². The molecule has 1 atom stereocenters. The number of esters is 1. The summed E-state index contributed by atoms with van der Waals surface area (Å²) < 4.78 is 4.79. The van der Waals surface area contributed by atoms with Gasteiger partial charge in [0.15, 0.2) is 0 Å². The molecule has 0 saturated carbocycles. The predicted octanol–water partition coefficient (Wildman–Crippen LogP) is 2.23. The number of benzene rings is 1. The van der Waals surface area contributed by atoms with Gasteiger partial charge in [-0.05, 0) is 19.5 Å². The third-order valence-corrected chi connectivity index (χ3v) is 4.16. The van der Waals surface area contributed by atoms with E-state index in [1.54, 1.807) is 25.1 Å². The van der Waals surface area contributed by atoms with Crippen LogP contribution >= 0.6 is 11.8 Å². The molecule has 0 aromatic heterocycles. The average molecular weight is 298 g/mol. The van der Waals surface area contributed by atoms with Gasteiger partial charge in [0, 0.05) is 11.8 Å². The summed E-state index contributed by atoms with van der Waals surface area (Å²) >= 11 is 1.26. The summed E-state index contributed by atoms with van der Waals surface area (Å²) in [6, 6.07) is 6.47. The Morgan fingerprint density at radius 2 is 2.15 bits per heavy atom. The molecule has 0 aliphatic heterocycles. The molecule has 1 rings (SSSR count). The number of nitrogens with zero attached hydrogens (tertiary/aromatic N) is 1. The molecule has 0 aliphatic carbocycles. The Bertz CT molecular complexity index is 495. The maximum Gasteiger partial charge on any atom is 0.326 e. The normalized spacial score (nSPS) is 13.6. The highest BCUT2D eigenvalue weighted by Gasteiger charge is 2.34. The second-order valence-corrected chi connectivity index (χ2v) is 5.38. The molecule has 1 unspecified atom stereocenters. The van der Waals surface area contributed by atoms with E-state index in [2.05, 4.69) is 5.32 Å². The van der Waals surface area contributed by atoms with Gasteiger partial charge in [0.05, 0.1) is 16.9 Å². The van der Waals surface area contributed by atoms with Gasteiger partial charge in [-0.2, -0.15) is 0 Å². The van der Waals surface area contributed by atoms with Crippen LogP contribution in [0.1, 0.15) is 13.8 Å². The third-order valence-electron chi connectivity index (χ3n) is 2.78. The van der Waals surface area contributed by atoms with Crippen LogP contribution in [0.25, 0.3) is 0 Å². The molecule has 20 heavy (non-hydrogen) atoms. The van der Waals surface area contributed by atoms with Gasteiger partial charge in [-0.15, -0.1) is 11.8 Å². The minimum atomic E-state index is -0.877. The van der Waals surface area contributed by atoms with E-state index in [9.17, 15) is 14.9 Å². The summed E-state index contributed by atoms with van der Waals surface area (Å²) in [5.74, 6) is -0.0383. The second-order valence-electron chi connectivity index (χ2n) is 4.37. The SMILES string of the molecule is CCNC(C)(CSc1ccccc1[N+](=O)[O-])C(=O)OC. The molecular formula is C13H18N2O4S. The van der Waals surface area contributed by atoms with E-state index in [0.717, 1.165) is 0 Å². The Labute approximate surface area is 122 Å². The number of rotatable bonds is 7. The van der Waals surface area contributed by atoms with Gasteiger partial charge in [-0.1, -0.05) is 19.1 Å². The number of methoxy groups -OCH3 is 1. The van der Waals surface area contributed by atoms with Gasteiger partial charge >= 0.3 is 5.97 Å². The number of hydrogen-bond donors (Lipinski definition) is 1. The Hall–Kier alpha value is -1.60. The van der Waals surface area contributed by atoms with Gasteiger partial charge in [0.1, 0.15) is 5.54 Å². The number of hydrogen-bond acceptors (Lipinski definition) is 6. The molecule has 0 fully saturated rings. The lowest BCUT2D eigenvalue weighted by molar-refractivity contribution is -0.387. The van der Waals surface area contributed by atoms with Crippen LogP contribution in [0.4, 0.5) is 5.69 Å². The summed E-state index contributed by atoms with van der Waals surface area (Å²) in [5.41, 5.74) is -0.834. The lowest BCUT2D eigenvalue weighted by Gasteiger charge is -2.26. The van der Waals surface area contributed by atoms with Gasteiger partial charge in [-0.25, -0.2) is 0 Å². The lowest BCUT2D eigenvalue weighted by atomic mass is 10.1. The molecule has 0 radical (unpaired) electrons. The molecule has 7 heteroatoms. The number of thioether (sulfide) groups is 1. The number of nitro groups is 1. The molecule has 1 aromatic carbocycles. The molecule has 0 spiro atoms. The van der Waals surface area contributed by atoms with Crippen molar-refractivity contribution in [3.05, 3.63) is 34.4 Å². The Morgan fingerprint density at radius 3 is 2.70 bits per heavy atom. The van der Waals surface area contributed by atoms with Crippen molar-refractivity contribution >= 4 is 23.4 Å². The zero-order chi connectivity index (χ0) is 15.2. The highest BCUT2D eigenvalue weighted by atomic mass is 32.2. The van der Waals surface area contributed by atoms with E-state index in [4.69, 9.17) is 4.74 Å². The summed E-state index contributed by atoms with van der Waals surface area (Å²) in [6.45, 7) is 4.21. The first-order chi connectivity index (χ1) is 9.44. The average Bonchev–Trinajstić information content (AvgIpc) is 2.44. The van der Waals surface area contributed by atoms with Crippen molar-refractivity contribution in [2.24, 2.45) is 0 Å². The van der Waals surface area contributed by atoms with Crippen molar-refractivity contribution in [3.8, 4) is 0 Å². The smallest absolute Gasteiger partial charge is 0.326 e. The number of carbonyl (C=O) groups excluding carboxylic acids is 1. The van der Waals surface area contributed by atoms with Gasteiger partial charge in [0.2, 0.25) is 0 Å². The quantitative estimate of drug-likeness (QED) is 0.360. The minimum Gasteiger partial charge on any atom is -0.468 e. The van der Waals surface area contributed by atoms with Crippen LogP contribution in [0, 0.1) is 10.1 Å². The van der Waals surface area contributed by atoms with Crippen molar-refractivity contribution in [1.82, 2.24) is 5.32 Å². The molecule has 0 heterocycles. The summed E-state index contributed by atoms with van der Waals surface area (Å²) in [7, 11) is 1.33. The first kappa shape index (κ1) is 16.5. The maximum absolute atomic E-state index is 11.8. The van der Waals surface area contributed by atoms with Crippen molar-refractivity contribution in [2.45, 2.75) is 24.3 Å². The van der Waals surface area contributed by atoms with Crippen LogP contribution in [-0.2, 0) is 9.53 Å². The lowest BCUT2D eigenvalue weighted by Crippen LogP contribution is -2.52. The predicted molar refractivity (Wildman–Crippen MR) is 77.9 cm³/mol. The van der Waals surface area contributed by atoms with Crippen molar-refractivity contribution in [3.63, 3.8) is 0 Å². The van der Waals surface area contributed by atoms with E-state index in [1.165, 1.54) is 24.9 Å². The Balaban J connectivity index is 2.88. The molecule has 0 saturated heterocycles. The van der Waals surface area contributed by atoms with Gasteiger partial charge in [-0.3, -0.25) is 14.9 Å². The second kappa shape index (κ2) is 7.25. The summed E-state index contributed by atoms with van der Waals surface area (Å²) in [6.07, 6.45) is 0. The largest absolute Gasteiger partial charge is 0.468 e. The van der Waals surface area contributed by atoms with E-state index in [1.807, 2.05) is 6.92 Å². The van der Waals surface area contributed by atoms with Crippen molar-refractivity contribution in [1.29, 1.82) is 0 Å². The monoisotopic (exact) mass is 298 g/mol.